The molecule has 4 nitrogen and oxygen atoms in total. The second-order valence-corrected chi connectivity index (χ2v) is 5.59. The maximum atomic E-state index is 12.0. The molecule has 0 spiro atoms. The standard InChI is InChI=1S/C15H23N3O/c1-11-7-13(10-17-9-11)18-15(19)14(16)8-12-5-3-2-4-6-12/h7,9-10,12,14H,2-6,8,16H2,1H3,(H,18,19). The summed E-state index contributed by atoms with van der Waals surface area (Å²) in [5, 5.41) is 2.85. The van der Waals surface area contributed by atoms with Gasteiger partial charge in [0.05, 0.1) is 17.9 Å². The van der Waals surface area contributed by atoms with Crippen LogP contribution in [-0.2, 0) is 4.79 Å². The van der Waals surface area contributed by atoms with Gasteiger partial charge in [0, 0.05) is 6.20 Å². The molecule has 1 aromatic rings. The molecule has 1 heterocycles. The third kappa shape index (κ3) is 4.31. The summed E-state index contributed by atoms with van der Waals surface area (Å²) >= 11 is 0. The topological polar surface area (TPSA) is 68.0 Å². The van der Waals surface area contributed by atoms with Crippen molar-refractivity contribution in [2.24, 2.45) is 11.7 Å². The van der Waals surface area contributed by atoms with E-state index in [2.05, 4.69) is 10.3 Å². The van der Waals surface area contributed by atoms with Crippen LogP contribution in [0.15, 0.2) is 18.5 Å². The molecule has 104 valence electrons. The van der Waals surface area contributed by atoms with Gasteiger partial charge in [-0.3, -0.25) is 9.78 Å². The number of amides is 1. The summed E-state index contributed by atoms with van der Waals surface area (Å²) in [6.07, 6.45) is 10.5. The minimum atomic E-state index is -0.413. The molecule has 1 atom stereocenters. The molecule has 0 saturated heterocycles. The largest absolute Gasteiger partial charge is 0.323 e. The number of carbonyl (C=O) groups is 1. The molecule has 0 aliphatic heterocycles. The average Bonchev–Trinajstić information content (AvgIpc) is 2.40. The van der Waals surface area contributed by atoms with E-state index in [4.69, 9.17) is 5.73 Å². The first-order valence-corrected chi connectivity index (χ1v) is 7.13. The summed E-state index contributed by atoms with van der Waals surface area (Å²) in [6.45, 7) is 1.95. The summed E-state index contributed by atoms with van der Waals surface area (Å²) in [5.41, 5.74) is 7.75. The van der Waals surface area contributed by atoms with E-state index < -0.39 is 6.04 Å². The molecule has 2 rings (SSSR count). The Morgan fingerprint density at radius 2 is 2.16 bits per heavy atom. The van der Waals surface area contributed by atoms with Crippen molar-refractivity contribution in [1.29, 1.82) is 0 Å². The van der Waals surface area contributed by atoms with Gasteiger partial charge in [0.15, 0.2) is 0 Å². The van der Waals surface area contributed by atoms with Gasteiger partial charge in [0.1, 0.15) is 0 Å². The molecular formula is C15H23N3O. The highest BCUT2D eigenvalue weighted by molar-refractivity contribution is 5.94. The Hall–Kier alpha value is -1.42. The monoisotopic (exact) mass is 261 g/mol. The number of rotatable bonds is 4. The number of hydrogen-bond donors (Lipinski definition) is 2. The number of aryl methyl sites for hydroxylation is 1. The van der Waals surface area contributed by atoms with Gasteiger partial charge in [-0.1, -0.05) is 32.1 Å². The van der Waals surface area contributed by atoms with Gasteiger partial charge in [0.2, 0.25) is 5.91 Å². The van der Waals surface area contributed by atoms with Crippen LogP contribution in [-0.4, -0.2) is 16.9 Å². The molecular weight excluding hydrogens is 238 g/mol. The predicted molar refractivity (Wildman–Crippen MR) is 76.8 cm³/mol. The van der Waals surface area contributed by atoms with E-state index in [1.54, 1.807) is 12.4 Å². The summed E-state index contributed by atoms with van der Waals surface area (Å²) in [7, 11) is 0. The molecule has 1 unspecified atom stereocenters. The van der Waals surface area contributed by atoms with E-state index >= 15 is 0 Å². The van der Waals surface area contributed by atoms with E-state index in [0.29, 0.717) is 5.92 Å². The second kappa shape index (κ2) is 6.66. The van der Waals surface area contributed by atoms with Crippen LogP contribution in [0.4, 0.5) is 5.69 Å². The van der Waals surface area contributed by atoms with E-state index in [0.717, 1.165) is 17.7 Å². The van der Waals surface area contributed by atoms with Crippen molar-refractivity contribution < 1.29 is 4.79 Å². The van der Waals surface area contributed by atoms with E-state index in [9.17, 15) is 4.79 Å². The van der Waals surface area contributed by atoms with E-state index in [1.807, 2.05) is 13.0 Å². The lowest BCUT2D eigenvalue weighted by molar-refractivity contribution is -0.117. The van der Waals surface area contributed by atoms with Crippen LogP contribution in [0.1, 0.15) is 44.1 Å². The maximum Gasteiger partial charge on any atom is 0.241 e. The maximum absolute atomic E-state index is 12.0. The zero-order chi connectivity index (χ0) is 13.7. The number of anilines is 1. The first kappa shape index (κ1) is 14.0. The lowest BCUT2D eigenvalue weighted by Crippen LogP contribution is -2.37. The molecule has 0 radical (unpaired) electrons. The Balaban J connectivity index is 1.84. The first-order valence-electron chi connectivity index (χ1n) is 7.13. The fourth-order valence-corrected chi connectivity index (χ4v) is 2.75. The SMILES string of the molecule is Cc1cncc(NC(=O)C(N)CC2CCCCC2)c1. The molecule has 1 aliphatic rings. The van der Waals surface area contributed by atoms with Gasteiger partial charge in [-0.2, -0.15) is 0 Å². The summed E-state index contributed by atoms with van der Waals surface area (Å²) < 4.78 is 0. The van der Waals surface area contributed by atoms with Crippen molar-refractivity contribution in [2.45, 2.75) is 51.5 Å². The number of carbonyl (C=O) groups excluding carboxylic acids is 1. The lowest BCUT2D eigenvalue weighted by atomic mass is 9.85. The van der Waals surface area contributed by atoms with Crippen LogP contribution in [0.2, 0.25) is 0 Å². The number of nitrogens with zero attached hydrogens (tertiary/aromatic N) is 1. The van der Waals surface area contributed by atoms with Crippen LogP contribution in [0.3, 0.4) is 0 Å². The van der Waals surface area contributed by atoms with Crippen LogP contribution in [0, 0.1) is 12.8 Å². The number of nitrogens with one attached hydrogen (secondary N) is 1. The number of pyridine rings is 1. The van der Waals surface area contributed by atoms with E-state index in [-0.39, 0.29) is 5.91 Å². The Kier molecular flexibility index (Phi) is 4.91. The third-order valence-electron chi connectivity index (χ3n) is 3.79. The molecule has 1 saturated carbocycles. The summed E-state index contributed by atoms with van der Waals surface area (Å²) in [5.74, 6) is 0.517. The Morgan fingerprint density at radius 3 is 2.84 bits per heavy atom. The number of hydrogen-bond acceptors (Lipinski definition) is 3. The fourth-order valence-electron chi connectivity index (χ4n) is 2.75. The average molecular weight is 261 g/mol. The zero-order valence-corrected chi connectivity index (χ0v) is 11.6. The first-order chi connectivity index (χ1) is 9.15. The van der Waals surface area contributed by atoms with Crippen LogP contribution < -0.4 is 11.1 Å². The minimum absolute atomic E-state index is 0.0991. The summed E-state index contributed by atoms with van der Waals surface area (Å²) in [6, 6.07) is 1.49. The Bertz CT molecular complexity index is 427. The third-order valence-corrected chi connectivity index (χ3v) is 3.79. The van der Waals surface area contributed by atoms with Gasteiger partial charge in [0.25, 0.3) is 0 Å². The normalized spacial score (nSPS) is 18.0. The second-order valence-electron chi connectivity index (χ2n) is 5.59. The molecule has 1 aromatic heterocycles. The van der Waals surface area contributed by atoms with Gasteiger partial charge in [-0.15, -0.1) is 0 Å². The molecule has 3 N–H and O–H groups in total. The van der Waals surface area contributed by atoms with Crippen LogP contribution in [0.5, 0.6) is 0 Å². The number of aromatic nitrogens is 1. The predicted octanol–water partition coefficient (Wildman–Crippen LogP) is 2.63. The molecule has 1 aliphatic carbocycles. The highest BCUT2D eigenvalue weighted by atomic mass is 16.2. The van der Waals surface area contributed by atoms with Crippen molar-refractivity contribution >= 4 is 11.6 Å². The molecule has 1 fully saturated rings. The lowest BCUT2D eigenvalue weighted by Gasteiger charge is -2.24. The van der Waals surface area contributed by atoms with Gasteiger partial charge in [-0.05, 0) is 30.9 Å². The van der Waals surface area contributed by atoms with E-state index in [1.165, 1.54) is 32.1 Å². The van der Waals surface area contributed by atoms with Crippen molar-refractivity contribution in [3.05, 3.63) is 24.0 Å². The Morgan fingerprint density at radius 1 is 1.42 bits per heavy atom. The fraction of sp³-hybridized carbons (Fsp3) is 0.600. The van der Waals surface area contributed by atoms with Crippen molar-refractivity contribution in [3.63, 3.8) is 0 Å². The molecule has 1 amide bonds. The molecule has 4 heteroatoms. The van der Waals surface area contributed by atoms with Crippen molar-refractivity contribution in [2.75, 3.05) is 5.32 Å². The van der Waals surface area contributed by atoms with Crippen molar-refractivity contribution in [1.82, 2.24) is 4.98 Å². The Labute approximate surface area is 114 Å². The number of nitrogens with two attached hydrogens (primary N) is 1. The smallest absolute Gasteiger partial charge is 0.241 e. The summed E-state index contributed by atoms with van der Waals surface area (Å²) in [4.78, 5) is 16.1. The van der Waals surface area contributed by atoms with Crippen molar-refractivity contribution in [3.8, 4) is 0 Å². The zero-order valence-electron chi connectivity index (χ0n) is 11.6. The quantitative estimate of drug-likeness (QED) is 0.875. The van der Waals surface area contributed by atoms with Gasteiger partial charge >= 0.3 is 0 Å². The van der Waals surface area contributed by atoms with Gasteiger partial charge < -0.3 is 11.1 Å². The van der Waals surface area contributed by atoms with Gasteiger partial charge in [-0.25, -0.2) is 0 Å². The molecule has 0 aromatic carbocycles. The molecule has 19 heavy (non-hydrogen) atoms. The highest BCUT2D eigenvalue weighted by Crippen LogP contribution is 2.27. The highest BCUT2D eigenvalue weighted by Gasteiger charge is 2.21. The minimum Gasteiger partial charge on any atom is -0.323 e. The van der Waals surface area contributed by atoms with Crippen LogP contribution >= 0.6 is 0 Å². The molecule has 0 bridgehead atoms. The van der Waals surface area contributed by atoms with Crippen LogP contribution in [0.25, 0.3) is 0 Å².